The number of aldehydes is 1. The lowest BCUT2D eigenvalue weighted by atomic mass is 10.1. The van der Waals surface area contributed by atoms with Crippen LogP contribution in [0.1, 0.15) is 21.7 Å². The number of imidazole rings is 1. The lowest BCUT2D eigenvalue weighted by Crippen LogP contribution is -2.03. The topological polar surface area (TPSA) is 72.0 Å². The van der Waals surface area contributed by atoms with E-state index in [1.165, 1.54) is 6.08 Å². The number of allylic oxidation sites excluding steroid dienone is 1. The highest BCUT2D eigenvalue weighted by Crippen LogP contribution is 2.20. The number of aromatic amines is 1. The van der Waals surface area contributed by atoms with Crippen LogP contribution in [0.4, 0.5) is 0 Å². The Morgan fingerprint density at radius 3 is 2.83 bits per heavy atom. The number of methoxy groups -OCH3 is 1. The molecule has 2 aromatic carbocycles. The van der Waals surface area contributed by atoms with E-state index in [1.54, 1.807) is 37.5 Å². The van der Waals surface area contributed by atoms with E-state index in [0.29, 0.717) is 23.1 Å². The first-order valence-corrected chi connectivity index (χ1v) is 7.02. The third-order valence-corrected chi connectivity index (χ3v) is 3.45. The van der Waals surface area contributed by atoms with Gasteiger partial charge in [0.25, 0.3) is 0 Å². The summed E-state index contributed by atoms with van der Waals surface area (Å²) < 4.78 is 5.14. The zero-order valence-corrected chi connectivity index (χ0v) is 12.4. The second-order valence-corrected chi connectivity index (χ2v) is 4.89. The first-order valence-electron chi connectivity index (χ1n) is 7.02. The molecule has 0 unspecified atom stereocenters. The van der Waals surface area contributed by atoms with Crippen molar-refractivity contribution in [1.29, 1.82) is 0 Å². The third-order valence-electron chi connectivity index (χ3n) is 3.45. The first kappa shape index (κ1) is 14.7. The minimum absolute atomic E-state index is 0.217. The number of nitrogens with zero attached hydrogens (tertiary/aromatic N) is 1. The molecule has 0 spiro atoms. The number of para-hydroxylation sites is 1. The molecule has 23 heavy (non-hydrogen) atoms. The highest BCUT2D eigenvalue weighted by molar-refractivity contribution is 6.08. The van der Waals surface area contributed by atoms with Gasteiger partial charge in [-0.15, -0.1) is 0 Å². The number of ether oxygens (including phenoxy) is 1. The van der Waals surface area contributed by atoms with Crippen LogP contribution >= 0.6 is 0 Å². The molecule has 114 valence electrons. The summed E-state index contributed by atoms with van der Waals surface area (Å²) in [6.45, 7) is 0. The fourth-order valence-electron chi connectivity index (χ4n) is 2.34. The van der Waals surface area contributed by atoms with Gasteiger partial charge in [-0.25, -0.2) is 4.98 Å². The van der Waals surface area contributed by atoms with Crippen molar-refractivity contribution in [3.05, 3.63) is 65.5 Å². The van der Waals surface area contributed by atoms with E-state index in [4.69, 9.17) is 4.74 Å². The zero-order chi connectivity index (χ0) is 16.2. The van der Waals surface area contributed by atoms with Crippen LogP contribution in [-0.4, -0.2) is 29.1 Å². The SMILES string of the molecule is COc1cccc(C(=O)c2nc3c(/C=C/C=O)cccc3[nH]2)c1. The summed E-state index contributed by atoms with van der Waals surface area (Å²) in [5.74, 6) is 0.646. The maximum absolute atomic E-state index is 12.6. The number of hydrogen-bond donors (Lipinski definition) is 1. The number of rotatable bonds is 5. The minimum Gasteiger partial charge on any atom is -0.497 e. The highest BCUT2D eigenvalue weighted by atomic mass is 16.5. The Morgan fingerprint density at radius 1 is 1.22 bits per heavy atom. The van der Waals surface area contributed by atoms with E-state index >= 15 is 0 Å². The van der Waals surface area contributed by atoms with Gasteiger partial charge in [0.2, 0.25) is 5.78 Å². The van der Waals surface area contributed by atoms with E-state index in [9.17, 15) is 9.59 Å². The summed E-state index contributed by atoms with van der Waals surface area (Å²) in [7, 11) is 1.55. The number of carbonyl (C=O) groups is 2. The number of hydrogen-bond acceptors (Lipinski definition) is 4. The fourth-order valence-corrected chi connectivity index (χ4v) is 2.34. The van der Waals surface area contributed by atoms with Crippen LogP contribution in [0, 0.1) is 0 Å². The molecule has 0 aliphatic rings. The number of benzene rings is 2. The van der Waals surface area contributed by atoms with E-state index < -0.39 is 0 Å². The van der Waals surface area contributed by atoms with Gasteiger partial charge in [-0.2, -0.15) is 0 Å². The smallest absolute Gasteiger partial charge is 0.228 e. The predicted molar refractivity (Wildman–Crippen MR) is 87.6 cm³/mol. The van der Waals surface area contributed by atoms with Gasteiger partial charge in [-0.05, 0) is 30.4 Å². The Bertz CT molecular complexity index is 910. The summed E-state index contributed by atoms with van der Waals surface area (Å²) in [6, 6.07) is 12.4. The van der Waals surface area contributed by atoms with E-state index in [0.717, 1.165) is 11.1 Å². The molecule has 0 atom stereocenters. The van der Waals surface area contributed by atoms with E-state index in [-0.39, 0.29) is 11.6 Å². The molecule has 0 amide bonds. The molecule has 0 aliphatic heterocycles. The van der Waals surface area contributed by atoms with Crippen molar-refractivity contribution in [3.8, 4) is 5.75 Å². The Hall–Kier alpha value is -3.21. The fraction of sp³-hybridized carbons (Fsp3) is 0.0556. The predicted octanol–water partition coefficient (Wildman–Crippen LogP) is 3.01. The summed E-state index contributed by atoms with van der Waals surface area (Å²) >= 11 is 0. The lowest BCUT2D eigenvalue weighted by Gasteiger charge is -2.01. The van der Waals surface area contributed by atoms with Crippen LogP contribution in [0.15, 0.2) is 48.5 Å². The maximum Gasteiger partial charge on any atom is 0.228 e. The summed E-state index contributed by atoms with van der Waals surface area (Å²) in [4.78, 5) is 30.5. The molecular weight excluding hydrogens is 292 g/mol. The van der Waals surface area contributed by atoms with Gasteiger partial charge in [0.15, 0.2) is 5.82 Å². The summed E-state index contributed by atoms with van der Waals surface area (Å²) in [5, 5.41) is 0. The Kier molecular flexibility index (Phi) is 4.01. The molecule has 5 nitrogen and oxygen atoms in total. The average Bonchev–Trinajstić information content (AvgIpc) is 3.04. The molecule has 3 rings (SSSR count). The third kappa shape index (κ3) is 2.89. The summed E-state index contributed by atoms with van der Waals surface area (Å²) in [6.07, 6.45) is 3.76. The van der Waals surface area contributed by atoms with Crippen LogP contribution in [0.3, 0.4) is 0 Å². The van der Waals surface area contributed by atoms with Gasteiger partial charge in [0.05, 0.1) is 18.1 Å². The standard InChI is InChI=1S/C18H14N2O3/c1-23-14-8-2-6-13(11-14)17(22)18-19-15-9-3-5-12(7-4-10-21)16(15)20-18/h2-11H,1H3,(H,19,20)/b7-4+. The minimum atomic E-state index is -0.217. The summed E-state index contributed by atoms with van der Waals surface area (Å²) in [5.41, 5.74) is 2.66. The number of nitrogens with one attached hydrogen (secondary N) is 1. The van der Waals surface area contributed by atoms with Crippen LogP contribution in [0.2, 0.25) is 0 Å². The molecule has 0 aliphatic carbocycles. The zero-order valence-electron chi connectivity index (χ0n) is 12.4. The Balaban J connectivity index is 2.04. The molecule has 0 radical (unpaired) electrons. The van der Waals surface area contributed by atoms with Crippen LogP contribution < -0.4 is 4.74 Å². The van der Waals surface area contributed by atoms with Crippen molar-refractivity contribution in [3.63, 3.8) is 0 Å². The number of carbonyl (C=O) groups excluding carboxylic acids is 2. The van der Waals surface area contributed by atoms with Crippen LogP contribution in [0.5, 0.6) is 5.75 Å². The van der Waals surface area contributed by atoms with Gasteiger partial charge in [0.1, 0.15) is 12.0 Å². The van der Waals surface area contributed by atoms with Gasteiger partial charge in [0, 0.05) is 11.1 Å². The van der Waals surface area contributed by atoms with Gasteiger partial charge < -0.3 is 9.72 Å². The Morgan fingerprint density at radius 2 is 2.04 bits per heavy atom. The Labute approximate surface area is 132 Å². The molecule has 1 aromatic heterocycles. The molecule has 0 fully saturated rings. The molecular formula is C18H14N2O3. The molecule has 0 saturated heterocycles. The van der Waals surface area contributed by atoms with Gasteiger partial charge in [-0.3, -0.25) is 9.59 Å². The van der Waals surface area contributed by atoms with Crippen molar-refractivity contribution in [2.24, 2.45) is 0 Å². The quantitative estimate of drug-likeness (QED) is 0.447. The average molecular weight is 306 g/mol. The highest BCUT2D eigenvalue weighted by Gasteiger charge is 2.15. The van der Waals surface area contributed by atoms with Crippen molar-refractivity contribution in [1.82, 2.24) is 9.97 Å². The number of aromatic nitrogens is 2. The number of H-pyrrole nitrogens is 1. The number of ketones is 1. The van der Waals surface area contributed by atoms with Crippen LogP contribution in [-0.2, 0) is 4.79 Å². The maximum atomic E-state index is 12.6. The van der Waals surface area contributed by atoms with Crippen molar-refractivity contribution < 1.29 is 14.3 Å². The van der Waals surface area contributed by atoms with Crippen molar-refractivity contribution >= 4 is 29.2 Å². The normalized spacial score (nSPS) is 11.0. The lowest BCUT2D eigenvalue weighted by molar-refractivity contribution is -0.104. The molecule has 1 heterocycles. The van der Waals surface area contributed by atoms with Crippen molar-refractivity contribution in [2.75, 3.05) is 7.11 Å². The van der Waals surface area contributed by atoms with Crippen LogP contribution in [0.25, 0.3) is 17.1 Å². The van der Waals surface area contributed by atoms with Gasteiger partial charge >= 0.3 is 0 Å². The molecule has 0 saturated carbocycles. The van der Waals surface area contributed by atoms with E-state index in [1.807, 2.05) is 18.2 Å². The number of fused-ring (bicyclic) bond motifs is 1. The second kappa shape index (κ2) is 6.27. The molecule has 5 heteroatoms. The largest absolute Gasteiger partial charge is 0.497 e. The second-order valence-electron chi connectivity index (χ2n) is 4.89. The van der Waals surface area contributed by atoms with Crippen molar-refractivity contribution in [2.45, 2.75) is 0 Å². The molecule has 1 N–H and O–H groups in total. The monoisotopic (exact) mass is 306 g/mol. The molecule has 3 aromatic rings. The first-order chi connectivity index (χ1) is 11.2. The van der Waals surface area contributed by atoms with E-state index in [2.05, 4.69) is 9.97 Å². The van der Waals surface area contributed by atoms with Gasteiger partial charge in [-0.1, -0.05) is 24.3 Å². The molecule has 0 bridgehead atoms.